The van der Waals surface area contributed by atoms with Crippen LogP contribution in [0.25, 0.3) is 15.3 Å². The molecule has 2 amide bonds. The minimum absolute atomic E-state index is 0.378. The molecule has 0 aliphatic rings. The fourth-order valence-electron chi connectivity index (χ4n) is 2.48. The molecule has 0 unspecified atom stereocenters. The van der Waals surface area contributed by atoms with Gasteiger partial charge in [0.2, 0.25) is 0 Å². The lowest BCUT2D eigenvalue weighted by molar-refractivity contribution is 0.0849. The Morgan fingerprint density at radius 2 is 1.96 bits per heavy atom. The Hall–Kier alpha value is -2.91. The number of carbonyl (C=O) groups is 2. The van der Waals surface area contributed by atoms with Crippen molar-refractivity contribution in [2.24, 2.45) is 0 Å². The lowest BCUT2D eigenvalue weighted by Gasteiger charge is -2.07. The van der Waals surface area contributed by atoms with E-state index in [9.17, 15) is 9.59 Å². The lowest BCUT2D eigenvalue weighted by atomic mass is 10.2. The lowest BCUT2D eigenvalue weighted by Crippen LogP contribution is -2.41. The number of fused-ring (bicyclic) bond motifs is 3. The average Bonchev–Trinajstić information content (AvgIpc) is 3.32. The van der Waals surface area contributed by atoms with Crippen molar-refractivity contribution < 1.29 is 14.3 Å². The Labute approximate surface area is 156 Å². The molecule has 0 aliphatic carbocycles. The maximum absolute atomic E-state index is 12.3. The highest BCUT2D eigenvalue weighted by Gasteiger charge is 2.16. The first-order chi connectivity index (χ1) is 12.7. The summed E-state index contributed by atoms with van der Waals surface area (Å²) in [5, 5.41) is 1.94. The number of hydrogen-bond acceptors (Lipinski definition) is 6. The minimum atomic E-state index is -0.398. The summed E-state index contributed by atoms with van der Waals surface area (Å²) in [5.74, 6) is -0.0869. The normalized spacial score (nSPS) is 11.0. The maximum Gasteiger partial charge on any atom is 0.279 e. The summed E-state index contributed by atoms with van der Waals surface area (Å²) >= 11 is 2.83. The number of hydrazine groups is 1. The second-order valence-electron chi connectivity index (χ2n) is 5.33. The SMILES string of the molecule is CCOc1ccc(C(=O)NNC(=O)c2cc3c(nc4sccn43)s2)cc1. The molecule has 0 saturated carbocycles. The Morgan fingerprint density at radius 3 is 2.73 bits per heavy atom. The standard InChI is InChI=1S/C17H14N4O3S2/c1-2-24-11-5-3-10(4-6-11)14(22)19-20-15(23)13-9-12-16(26-13)18-17-21(12)7-8-25-17/h3-9H,2H2,1H3,(H,19,22)(H,20,23). The van der Waals surface area contributed by atoms with Crippen LogP contribution in [0.15, 0.2) is 41.9 Å². The molecule has 2 N–H and O–H groups in total. The van der Waals surface area contributed by atoms with E-state index in [4.69, 9.17) is 4.74 Å². The number of thiazole rings is 1. The summed E-state index contributed by atoms with van der Waals surface area (Å²) in [6.07, 6.45) is 1.91. The Bertz CT molecular complexity index is 1090. The zero-order valence-electron chi connectivity index (χ0n) is 13.7. The summed E-state index contributed by atoms with van der Waals surface area (Å²) in [4.78, 5) is 31.1. The Kier molecular flexibility index (Phi) is 4.31. The molecule has 0 aliphatic heterocycles. The van der Waals surface area contributed by atoms with Gasteiger partial charge in [-0.05, 0) is 37.3 Å². The third-order valence-electron chi connectivity index (χ3n) is 3.68. The van der Waals surface area contributed by atoms with Crippen LogP contribution in [0.4, 0.5) is 0 Å². The molecule has 0 fully saturated rings. The topological polar surface area (TPSA) is 84.7 Å². The number of imidazole rings is 1. The number of benzene rings is 1. The van der Waals surface area contributed by atoms with E-state index >= 15 is 0 Å². The molecule has 1 aromatic carbocycles. The van der Waals surface area contributed by atoms with Crippen molar-refractivity contribution in [2.45, 2.75) is 6.92 Å². The maximum atomic E-state index is 12.3. The molecule has 3 aromatic heterocycles. The van der Waals surface area contributed by atoms with Gasteiger partial charge in [0.25, 0.3) is 11.8 Å². The highest BCUT2D eigenvalue weighted by atomic mass is 32.1. The molecule has 0 radical (unpaired) electrons. The first-order valence-corrected chi connectivity index (χ1v) is 9.54. The summed E-state index contributed by atoms with van der Waals surface area (Å²) in [6.45, 7) is 2.45. The van der Waals surface area contributed by atoms with Crippen LogP contribution in [0.5, 0.6) is 5.75 Å². The zero-order valence-corrected chi connectivity index (χ0v) is 15.3. The van der Waals surface area contributed by atoms with Crippen LogP contribution in [0, 0.1) is 0 Å². The molecule has 0 bridgehead atoms. The van der Waals surface area contributed by atoms with E-state index in [-0.39, 0.29) is 5.91 Å². The largest absolute Gasteiger partial charge is 0.494 e. The van der Waals surface area contributed by atoms with Gasteiger partial charge in [0.05, 0.1) is 17.0 Å². The number of aromatic nitrogens is 2. The fraction of sp³-hybridized carbons (Fsp3) is 0.118. The fourth-order valence-corrected chi connectivity index (χ4v) is 4.17. The molecular weight excluding hydrogens is 372 g/mol. The van der Waals surface area contributed by atoms with Crippen LogP contribution in [0.1, 0.15) is 27.0 Å². The third kappa shape index (κ3) is 3.02. The molecule has 0 saturated heterocycles. The van der Waals surface area contributed by atoms with Crippen LogP contribution in [0.2, 0.25) is 0 Å². The Morgan fingerprint density at radius 1 is 1.19 bits per heavy atom. The monoisotopic (exact) mass is 386 g/mol. The molecule has 0 spiro atoms. The van der Waals surface area contributed by atoms with Gasteiger partial charge in [-0.1, -0.05) is 0 Å². The highest BCUT2D eigenvalue weighted by Crippen LogP contribution is 2.28. The summed E-state index contributed by atoms with van der Waals surface area (Å²) in [5.41, 5.74) is 6.17. The predicted octanol–water partition coefficient (Wildman–Crippen LogP) is 3.08. The number of nitrogens with zero attached hydrogens (tertiary/aromatic N) is 2. The van der Waals surface area contributed by atoms with Crippen molar-refractivity contribution in [1.29, 1.82) is 0 Å². The van der Waals surface area contributed by atoms with Gasteiger partial charge in [0.1, 0.15) is 10.6 Å². The smallest absolute Gasteiger partial charge is 0.279 e. The number of ether oxygens (including phenoxy) is 1. The quantitative estimate of drug-likeness (QED) is 0.528. The van der Waals surface area contributed by atoms with E-state index in [2.05, 4.69) is 15.8 Å². The van der Waals surface area contributed by atoms with Crippen molar-refractivity contribution in [1.82, 2.24) is 20.2 Å². The number of hydrogen-bond donors (Lipinski definition) is 2. The van der Waals surface area contributed by atoms with E-state index in [0.717, 1.165) is 15.3 Å². The van der Waals surface area contributed by atoms with Gasteiger partial charge in [-0.15, -0.1) is 22.7 Å². The number of carbonyl (C=O) groups excluding carboxylic acids is 2. The van der Waals surface area contributed by atoms with Crippen molar-refractivity contribution >= 4 is 49.8 Å². The van der Waals surface area contributed by atoms with Crippen molar-refractivity contribution in [3.05, 3.63) is 52.3 Å². The zero-order chi connectivity index (χ0) is 18.1. The molecule has 3 heterocycles. The predicted molar refractivity (Wildman–Crippen MR) is 101 cm³/mol. The van der Waals surface area contributed by atoms with Gasteiger partial charge in [0.15, 0.2) is 4.96 Å². The van der Waals surface area contributed by atoms with Gasteiger partial charge in [0, 0.05) is 17.1 Å². The summed E-state index contributed by atoms with van der Waals surface area (Å²) in [6, 6.07) is 8.47. The number of nitrogens with one attached hydrogen (secondary N) is 2. The van der Waals surface area contributed by atoms with Crippen LogP contribution < -0.4 is 15.6 Å². The summed E-state index contributed by atoms with van der Waals surface area (Å²) in [7, 11) is 0. The Balaban J connectivity index is 1.42. The first kappa shape index (κ1) is 16.6. The average molecular weight is 386 g/mol. The molecular formula is C17H14N4O3S2. The minimum Gasteiger partial charge on any atom is -0.494 e. The summed E-state index contributed by atoms with van der Waals surface area (Å²) < 4.78 is 7.27. The van der Waals surface area contributed by atoms with Crippen LogP contribution >= 0.6 is 22.7 Å². The molecule has 4 rings (SSSR count). The van der Waals surface area contributed by atoms with Gasteiger partial charge in [-0.2, -0.15) is 0 Å². The van der Waals surface area contributed by atoms with Crippen LogP contribution in [0.3, 0.4) is 0 Å². The molecule has 7 nitrogen and oxygen atoms in total. The van der Waals surface area contributed by atoms with E-state index in [0.29, 0.717) is 22.8 Å². The van der Waals surface area contributed by atoms with Gasteiger partial charge >= 0.3 is 0 Å². The van der Waals surface area contributed by atoms with Crippen molar-refractivity contribution in [3.8, 4) is 5.75 Å². The molecule has 4 aromatic rings. The van der Waals surface area contributed by atoms with E-state index in [1.807, 2.05) is 22.9 Å². The third-order valence-corrected chi connectivity index (χ3v) is 5.45. The van der Waals surface area contributed by atoms with Crippen LogP contribution in [-0.2, 0) is 0 Å². The van der Waals surface area contributed by atoms with Gasteiger partial charge in [-0.25, -0.2) is 4.98 Å². The number of rotatable bonds is 4. The number of amides is 2. The van der Waals surface area contributed by atoms with Gasteiger partial charge < -0.3 is 4.74 Å². The van der Waals surface area contributed by atoms with Crippen molar-refractivity contribution in [3.63, 3.8) is 0 Å². The molecule has 132 valence electrons. The van der Waals surface area contributed by atoms with Crippen molar-refractivity contribution in [2.75, 3.05) is 6.61 Å². The van der Waals surface area contributed by atoms with E-state index in [1.165, 1.54) is 22.7 Å². The molecule has 0 atom stereocenters. The molecule has 9 heteroatoms. The first-order valence-electron chi connectivity index (χ1n) is 7.84. The number of thiophene rings is 1. The van der Waals surface area contributed by atoms with Crippen LogP contribution in [-0.4, -0.2) is 27.8 Å². The second kappa shape index (κ2) is 6.77. The van der Waals surface area contributed by atoms with Gasteiger partial charge in [-0.3, -0.25) is 24.8 Å². The second-order valence-corrected chi connectivity index (χ2v) is 7.24. The highest BCUT2D eigenvalue weighted by molar-refractivity contribution is 7.21. The molecule has 26 heavy (non-hydrogen) atoms. The van der Waals surface area contributed by atoms with E-state index in [1.54, 1.807) is 30.3 Å². The van der Waals surface area contributed by atoms with E-state index < -0.39 is 5.91 Å².